The van der Waals surface area contributed by atoms with Crippen molar-refractivity contribution in [3.05, 3.63) is 39.5 Å². The van der Waals surface area contributed by atoms with Gasteiger partial charge in [-0.3, -0.25) is 5.10 Å². The van der Waals surface area contributed by atoms with E-state index in [4.69, 9.17) is 17.0 Å². The van der Waals surface area contributed by atoms with Crippen LogP contribution in [0.4, 0.5) is 0 Å². The molecule has 0 fully saturated rings. The number of rotatable bonds is 3. The molecule has 84 valence electrons. The van der Waals surface area contributed by atoms with Crippen LogP contribution in [0.25, 0.3) is 5.69 Å². The van der Waals surface area contributed by atoms with Crippen molar-refractivity contribution in [2.24, 2.45) is 0 Å². The summed E-state index contributed by atoms with van der Waals surface area (Å²) in [6, 6.07) is 7.20. The number of nitrogens with one attached hydrogen (secondary N) is 2. The first kappa shape index (κ1) is 10.7. The van der Waals surface area contributed by atoms with E-state index in [-0.39, 0.29) is 5.69 Å². The highest BCUT2D eigenvalue weighted by atomic mass is 32.1. The summed E-state index contributed by atoms with van der Waals surface area (Å²) in [4.78, 5) is 11.5. The minimum Gasteiger partial charge on any atom is -0.494 e. The topological polar surface area (TPSA) is 62.8 Å². The quantitative estimate of drug-likeness (QED) is 0.797. The van der Waals surface area contributed by atoms with Gasteiger partial charge in [0.15, 0.2) is 0 Å². The first-order valence-electron chi connectivity index (χ1n) is 4.85. The lowest BCUT2D eigenvalue weighted by Crippen LogP contribution is -2.14. The molecule has 0 unspecified atom stereocenters. The molecule has 6 heteroatoms. The van der Waals surface area contributed by atoms with Crippen LogP contribution in [0.5, 0.6) is 5.75 Å². The van der Waals surface area contributed by atoms with Crippen molar-refractivity contribution in [3.63, 3.8) is 0 Å². The molecule has 0 aliphatic heterocycles. The Hall–Kier alpha value is -1.82. The zero-order valence-corrected chi connectivity index (χ0v) is 9.50. The second-order valence-electron chi connectivity index (χ2n) is 3.13. The minimum atomic E-state index is -0.293. The van der Waals surface area contributed by atoms with Crippen LogP contribution in [0.2, 0.25) is 0 Å². The lowest BCUT2D eigenvalue weighted by Gasteiger charge is -2.05. The summed E-state index contributed by atoms with van der Waals surface area (Å²) in [6.07, 6.45) is 0. The highest BCUT2D eigenvalue weighted by Crippen LogP contribution is 2.15. The van der Waals surface area contributed by atoms with Gasteiger partial charge in [-0.1, -0.05) is 6.07 Å². The molecule has 0 radical (unpaired) electrons. The molecular formula is C10H11N3O2S. The van der Waals surface area contributed by atoms with Gasteiger partial charge in [0.25, 0.3) is 0 Å². The first-order valence-corrected chi connectivity index (χ1v) is 5.26. The number of H-pyrrole nitrogens is 2. The van der Waals surface area contributed by atoms with Crippen LogP contribution in [0.3, 0.4) is 0 Å². The third-order valence-electron chi connectivity index (χ3n) is 2.07. The zero-order valence-electron chi connectivity index (χ0n) is 8.69. The van der Waals surface area contributed by atoms with Crippen molar-refractivity contribution >= 4 is 12.2 Å². The monoisotopic (exact) mass is 237 g/mol. The van der Waals surface area contributed by atoms with Gasteiger partial charge >= 0.3 is 5.69 Å². The Balaban J connectivity index is 2.52. The number of hydrogen-bond donors (Lipinski definition) is 2. The number of ether oxygens (including phenoxy) is 1. The van der Waals surface area contributed by atoms with Crippen molar-refractivity contribution in [2.45, 2.75) is 6.92 Å². The Morgan fingerprint density at radius 2 is 2.25 bits per heavy atom. The maximum atomic E-state index is 11.5. The Labute approximate surface area is 96.7 Å². The van der Waals surface area contributed by atoms with Crippen LogP contribution < -0.4 is 10.4 Å². The van der Waals surface area contributed by atoms with Gasteiger partial charge in [-0.2, -0.15) is 0 Å². The fourth-order valence-corrected chi connectivity index (χ4v) is 1.66. The molecule has 1 aromatic heterocycles. The van der Waals surface area contributed by atoms with E-state index < -0.39 is 0 Å². The predicted molar refractivity (Wildman–Crippen MR) is 62.7 cm³/mol. The van der Waals surface area contributed by atoms with E-state index in [1.165, 1.54) is 4.57 Å². The molecule has 1 aromatic carbocycles. The fourth-order valence-electron chi connectivity index (χ4n) is 1.42. The van der Waals surface area contributed by atoms with Gasteiger partial charge in [0.1, 0.15) is 5.75 Å². The summed E-state index contributed by atoms with van der Waals surface area (Å²) in [5.74, 6) is 0.711. The largest absolute Gasteiger partial charge is 0.494 e. The molecule has 16 heavy (non-hydrogen) atoms. The number of aromatic amines is 2. The maximum Gasteiger partial charge on any atom is 0.347 e. The van der Waals surface area contributed by atoms with Crippen LogP contribution in [-0.4, -0.2) is 21.4 Å². The Bertz CT molecular complexity index is 569. The second kappa shape index (κ2) is 4.36. The summed E-state index contributed by atoms with van der Waals surface area (Å²) < 4.78 is 7.06. The highest BCUT2D eigenvalue weighted by molar-refractivity contribution is 7.71. The molecule has 0 spiro atoms. The number of aromatic nitrogens is 3. The van der Waals surface area contributed by atoms with Gasteiger partial charge in [-0.05, 0) is 31.3 Å². The molecule has 0 amide bonds. The Morgan fingerprint density at radius 1 is 1.44 bits per heavy atom. The number of hydrogen-bond acceptors (Lipinski definition) is 3. The maximum absolute atomic E-state index is 11.5. The minimum absolute atomic E-state index is 0.293. The van der Waals surface area contributed by atoms with E-state index in [1.54, 1.807) is 12.1 Å². The van der Waals surface area contributed by atoms with Gasteiger partial charge in [-0.25, -0.2) is 14.5 Å². The molecule has 2 rings (SSSR count). The summed E-state index contributed by atoms with van der Waals surface area (Å²) in [7, 11) is 0. The van der Waals surface area contributed by atoms with E-state index in [0.717, 1.165) is 0 Å². The second-order valence-corrected chi connectivity index (χ2v) is 3.51. The molecule has 1 heterocycles. The smallest absolute Gasteiger partial charge is 0.347 e. The van der Waals surface area contributed by atoms with E-state index in [2.05, 4.69) is 10.2 Å². The Kier molecular flexibility index (Phi) is 2.91. The molecule has 5 nitrogen and oxygen atoms in total. The van der Waals surface area contributed by atoms with E-state index in [1.807, 2.05) is 19.1 Å². The van der Waals surface area contributed by atoms with E-state index in [9.17, 15) is 4.79 Å². The molecule has 0 saturated heterocycles. The standard InChI is InChI=1S/C10H11N3O2S/c1-2-15-8-5-3-4-7(6-8)13-9(14)11-12-10(13)16/h3-6H,2H2,1H3,(H,11,14)(H,12,16). The average Bonchev–Trinajstić information content (AvgIpc) is 2.59. The molecule has 2 aromatic rings. The summed E-state index contributed by atoms with van der Waals surface area (Å²) in [6.45, 7) is 2.49. The predicted octanol–water partition coefficient (Wildman–Crippen LogP) is 1.62. The van der Waals surface area contributed by atoms with E-state index in [0.29, 0.717) is 22.8 Å². The molecule has 0 atom stereocenters. The van der Waals surface area contributed by atoms with Crippen molar-refractivity contribution in [1.82, 2.24) is 14.8 Å². The first-order chi connectivity index (χ1) is 7.72. The summed E-state index contributed by atoms with van der Waals surface area (Å²) in [5, 5.41) is 5.01. The Morgan fingerprint density at radius 3 is 2.88 bits per heavy atom. The van der Waals surface area contributed by atoms with E-state index >= 15 is 0 Å². The molecule has 0 aliphatic rings. The number of benzene rings is 1. The normalized spacial score (nSPS) is 10.3. The summed E-state index contributed by atoms with van der Waals surface area (Å²) in [5.41, 5.74) is 0.386. The van der Waals surface area contributed by atoms with Gasteiger partial charge in [-0.15, -0.1) is 0 Å². The van der Waals surface area contributed by atoms with Gasteiger partial charge in [0.05, 0.1) is 12.3 Å². The lowest BCUT2D eigenvalue weighted by molar-refractivity contribution is 0.340. The third-order valence-corrected chi connectivity index (χ3v) is 2.35. The molecule has 0 aliphatic carbocycles. The van der Waals surface area contributed by atoms with Crippen LogP contribution in [0.1, 0.15) is 6.92 Å². The summed E-state index contributed by atoms with van der Waals surface area (Å²) >= 11 is 5.00. The van der Waals surface area contributed by atoms with Gasteiger partial charge in [0, 0.05) is 6.07 Å². The highest BCUT2D eigenvalue weighted by Gasteiger charge is 2.04. The van der Waals surface area contributed by atoms with Gasteiger partial charge in [0.2, 0.25) is 4.77 Å². The number of nitrogens with zero attached hydrogens (tertiary/aromatic N) is 1. The molecule has 2 N–H and O–H groups in total. The van der Waals surface area contributed by atoms with Crippen LogP contribution in [-0.2, 0) is 0 Å². The van der Waals surface area contributed by atoms with Crippen LogP contribution in [0.15, 0.2) is 29.1 Å². The average molecular weight is 237 g/mol. The fraction of sp³-hybridized carbons (Fsp3) is 0.200. The third kappa shape index (κ3) is 1.92. The lowest BCUT2D eigenvalue weighted by atomic mass is 10.3. The molecule has 0 saturated carbocycles. The molecule has 0 bridgehead atoms. The SMILES string of the molecule is CCOc1cccc(-n2c(=O)[nH][nH]c2=S)c1. The van der Waals surface area contributed by atoms with Gasteiger partial charge < -0.3 is 4.74 Å². The van der Waals surface area contributed by atoms with Crippen molar-refractivity contribution in [3.8, 4) is 11.4 Å². The van der Waals surface area contributed by atoms with Crippen LogP contribution >= 0.6 is 12.2 Å². The van der Waals surface area contributed by atoms with Crippen LogP contribution in [0, 0.1) is 4.77 Å². The van der Waals surface area contributed by atoms with Crippen molar-refractivity contribution in [1.29, 1.82) is 0 Å². The van der Waals surface area contributed by atoms with Crippen molar-refractivity contribution in [2.75, 3.05) is 6.61 Å². The van der Waals surface area contributed by atoms with Crippen molar-refractivity contribution < 1.29 is 4.74 Å². The molecular weight excluding hydrogens is 226 g/mol. The zero-order chi connectivity index (χ0) is 11.5.